The second-order valence-corrected chi connectivity index (χ2v) is 4.66. The molecule has 1 aliphatic rings. The van der Waals surface area contributed by atoms with Crippen LogP contribution in [0.2, 0.25) is 0 Å². The van der Waals surface area contributed by atoms with Crippen molar-refractivity contribution in [2.45, 2.75) is 25.9 Å². The Balaban J connectivity index is 1.87. The Labute approximate surface area is 104 Å². The van der Waals surface area contributed by atoms with E-state index in [4.69, 9.17) is 10.5 Å². The molecule has 1 heterocycles. The van der Waals surface area contributed by atoms with E-state index >= 15 is 0 Å². The van der Waals surface area contributed by atoms with Crippen LogP contribution in [0, 0.1) is 6.92 Å². The Hall–Kier alpha value is -1.06. The molecule has 94 valence electrons. The van der Waals surface area contributed by atoms with Crippen molar-refractivity contribution in [3.8, 4) is 0 Å². The zero-order chi connectivity index (χ0) is 12.1. The Morgan fingerprint density at radius 3 is 3.00 bits per heavy atom. The number of ether oxygens (including phenoxy) is 1. The number of hydrogen-bond donors (Lipinski definition) is 1. The molecule has 1 aromatic rings. The molecule has 0 amide bonds. The first-order chi connectivity index (χ1) is 8.31. The topological polar surface area (TPSA) is 38.5 Å². The van der Waals surface area contributed by atoms with Gasteiger partial charge in [0.15, 0.2) is 0 Å². The van der Waals surface area contributed by atoms with Crippen molar-refractivity contribution in [3.05, 3.63) is 29.8 Å². The predicted molar refractivity (Wildman–Crippen MR) is 71.4 cm³/mol. The zero-order valence-corrected chi connectivity index (χ0v) is 10.6. The van der Waals surface area contributed by atoms with Gasteiger partial charge >= 0.3 is 0 Å². The lowest BCUT2D eigenvalue weighted by Gasteiger charge is -2.20. The van der Waals surface area contributed by atoms with Gasteiger partial charge in [-0.1, -0.05) is 18.2 Å². The quantitative estimate of drug-likeness (QED) is 0.791. The first-order valence-electron chi connectivity index (χ1n) is 6.43. The first kappa shape index (κ1) is 12.4. The van der Waals surface area contributed by atoms with Crippen LogP contribution in [0.25, 0.3) is 0 Å². The van der Waals surface area contributed by atoms with Crippen LogP contribution in [0.3, 0.4) is 0 Å². The Kier molecular flexibility index (Phi) is 4.40. The third-order valence-electron chi connectivity index (χ3n) is 3.30. The lowest BCUT2D eigenvalue weighted by atomic mass is 10.2. The Bertz CT molecular complexity index is 354. The molecule has 1 aromatic carbocycles. The molecule has 1 fully saturated rings. The second kappa shape index (κ2) is 6.03. The minimum Gasteiger partial charge on any atom is -0.376 e. The summed E-state index contributed by atoms with van der Waals surface area (Å²) >= 11 is 0. The summed E-state index contributed by atoms with van der Waals surface area (Å²) in [6.07, 6.45) is 2.46. The summed E-state index contributed by atoms with van der Waals surface area (Å²) in [5.41, 5.74) is 8.15. The fourth-order valence-corrected chi connectivity index (χ4v) is 2.33. The summed E-state index contributed by atoms with van der Waals surface area (Å²) in [5.74, 6) is 0. The minimum absolute atomic E-state index is 0.376. The van der Waals surface area contributed by atoms with Crippen LogP contribution in [0.15, 0.2) is 24.3 Å². The molecule has 1 aliphatic heterocycles. The highest BCUT2D eigenvalue weighted by Gasteiger charge is 2.23. The summed E-state index contributed by atoms with van der Waals surface area (Å²) in [6, 6.07) is 8.55. The molecule has 3 heteroatoms. The van der Waals surface area contributed by atoms with E-state index < -0.39 is 0 Å². The summed E-state index contributed by atoms with van der Waals surface area (Å²) < 4.78 is 5.81. The molecule has 17 heavy (non-hydrogen) atoms. The molecule has 1 atom stereocenters. The molecule has 2 rings (SSSR count). The highest BCUT2D eigenvalue weighted by atomic mass is 16.5. The molecule has 0 saturated carbocycles. The number of anilines is 1. The summed E-state index contributed by atoms with van der Waals surface area (Å²) in [4.78, 5) is 2.42. The average Bonchev–Trinajstić information content (AvgIpc) is 2.79. The van der Waals surface area contributed by atoms with Crippen molar-refractivity contribution in [3.63, 3.8) is 0 Å². The molecule has 0 unspecified atom stereocenters. The normalized spacial score (nSPS) is 19.9. The average molecular weight is 234 g/mol. The SMILES string of the molecule is Cc1ccccc1N1CC[C@@H](OCCCN)C1. The van der Waals surface area contributed by atoms with E-state index in [1.807, 2.05) is 0 Å². The minimum atomic E-state index is 0.376. The van der Waals surface area contributed by atoms with E-state index in [1.54, 1.807) is 0 Å². The summed E-state index contributed by atoms with van der Waals surface area (Å²) in [6.45, 7) is 5.78. The maximum Gasteiger partial charge on any atom is 0.0766 e. The van der Waals surface area contributed by atoms with Crippen LogP contribution >= 0.6 is 0 Å². The van der Waals surface area contributed by atoms with Crippen molar-refractivity contribution in [2.24, 2.45) is 5.73 Å². The molecule has 0 aliphatic carbocycles. The highest BCUT2D eigenvalue weighted by molar-refractivity contribution is 5.53. The molecule has 0 bridgehead atoms. The molecular weight excluding hydrogens is 212 g/mol. The predicted octanol–water partition coefficient (Wildman–Crippen LogP) is 1.94. The third-order valence-corrected chi connectivity index (χ3v) is 3.30. The monoisotopic (exact) mass is 234 g/mol. The van der Waals surface area contributed by atoms with Gasteiger partial charge in [0.05, 0.1) is 6.10 Å². The van der Waals surface area contributed by atoms with Crippen molar-refractivity contribution in [1.82, 2.24) is 0 Å². The number of hydrogen-bond acceptors (Lipinski definition) is 3. The van der Waals surface area contributed by atoms with E-state index in [9.17, 15) is 0 Å². The van der Waals surface area contributed by atoms with Gasteiger partial charge in [-0.05, 0) is 37.9 Å². The standard InChI is InChI=1S/C14H22N2O/c1-12-5-2-3-6-14(12)16-9-7-13(11-16)17-10-4-8-15/h2-3,5-6,13H,4,7-11,15H2,1H3/t13-/m1/s1. The van der Waals surface area contributed by atoms with Gasteiger partial charge in [-0.2, -0.15) is 0 Å². The molecule has 1 saturated heterocycles. The number of benzene rings is 1. The molecule has 0 radical (unpaired) electrons. The van der Waals surface area contributed by atoms with Gasteiger partial charge in [0.1, 0.15) is 0 Å². The van der Waals surface area contributed by atoms with Crippen LogP contribution in [0.5, 0.6) is 0 Å². The largest absolute Gasteiger partial charge is 0.376 e. The smallest absolute Gasteiger partial charge is 0.0766 e. The van der Waals surface area contributed by atoms with Crippen LogP contribution in [-0.4, -0.2) is 32.3 Å². The molecular formula is C14H22N2O. The van der Waals surface area contributed by atoms with Gasteiger partial charge in [0.25, 0.3) is 0 Å². The summed E-state index contributed by atoms with van der Waals surface area (Å²) in [7, 11) is 0. The lowest BCUT2D eigenvalue weighted by molar-refractivity contribution is 0.0676. The van der Waals surface area contributed by atoms with Crippen molar-refractivity contribution in [1.29, 1.82) is 0 Å². The van der Waals surface area contributed by atoms with Gasteiger partial charge in [0.2, 0.25) is 0 Å². The highest BCUT2D eigenvalue weighted by Crippen LogP contribution is 2.24. The fourth-order valence-electron chi connectivity index (χ4n) is 2.33. The molecule has 0 aromatic heterocycles. The van der Waals surface area contributed by atoms with Crippen LogP contribution in [0.4, 0.5) is 5.69 Å². The fraction of sp³-hybridized carbons (Fsp3) is 0.571. The number of rotatable bonds is 5. The zero-order valence-electron chi connectivity index (χ0n) is 10.6. The third kappa shape index (κ3) is 3.20. The van der Waals surface area contributed by atoms with Crippen molar-refractivity contribution in [2.75, 3.05) is 31.1 Å². The van der Waals surface area contributed by atoms with E-state index in [-0.39, 0.29) is 0 Å². The van der Waals surface area contributed by atoms with E-state index in [0.717, 1.165) is 32.5 Å². The van der Waals surface area contributed by atoms with Crippen molar-refractivity contribution >= 4 is 5.69 Å². The van der Waals surface area contributed by atoms with Gasteiger partial charge < -0.3 is 15.4 Å². The van der Waals surface area contributed by atoms with Crippen molar-refractivity contribution < 1.29 is 4.74 Å². The number of para-hydroxylation sites is 1. The summed E-state index contributed by atoms with van der Waals surface area (Å²) in [5, 5.41) is 0. The number of aryl methyl sites for hydroxylation is 1. The number of nitrogens with zero attached hydrogens (tertiary/aromatic N) is 1. The van der Waals surface area contributed by atoms with Gasteiger partial charge in [-0.25, -0.2) is 0 Å². The van der Waals surface area contributed by atoms with E-state index in [1.165, 1.54) is 11.3 Å². The van der Waals surface area contributed by atoms with E-state index in [2.05, 4.69) is 36.1 Å². The van der Waals surface area contributed by atoms with Gasteiger partial charge in [-0.15, -0.1) is 0 Å². The van der Waals surface area contributed by atoms with Crippen LogP contribution < -0.4 is 10.6 Å². The molecule has 0 spiro atoms. The lowest BCUT2D eigenvalue weighted by Crippen LogP contribution is -2.24. The first-order valence-corrected chi connectivity index (χ1v) is 6.43. The van der Waals surface area contributed by atoms with Gasteiger partial charge in [0, 0.05) is 25.4 Å². The van der Waals surface area contributed by atoms with Crippen LogP contribution in [0.1, 0.15) is 18.4 Å². The van der Waals surface area contributed by atoms with Gasteiger partial charge in [-0.3, -0.25) is 0 Å². The second-order valence-electron chi connectivity index (χ2n) is 4.66. The van der Waals surface area contributed by atoms with Crippen LogP contribution in [-0.2, 0) is 4.74 Å². The molecule has 2 N–H and O–H groups in total. The maximum absolute atomic E-state index is 5.81. The molecule has 3 nitrogen and oxygen atoms in total. The Morgan fingerprint density at radius 2 is 2.24 bits per heavy atom. The van der Waals surface area contributed by atoms with E-state index in [0.29, 0.717) is 12.6 Å². The maximum atomic E-state index is 5.81. The Morgan fingerprint density at radius 1 is 1.41 bits per heavy atom. The number of nitrogens with two attached hydrogens (primary N) is 1.